The van der Waals surface area contributed by atoms with Gasteiger partial charge in [0.2, 0.25) is 0 Å². The van der Waals surface area contributed by atoms with E-state index >= 15 is 0 Å². The standard InChI is InChI=1S/C13H24O4.C12H22O5.C12H22O4/c1-12(2,3)16-10(14)8-7-9-11(15)17-13(4,5)6;1-11(2,3)16-9(13)7-15-8-10(14)17-12(4,5)6;1-11(2,3)15-9(13)7-8-10(14)16-12(4,5)6/h7-9H2,1-6H3;7-8H2,1-6H3;7-8H2,1-6H3. The minimum atomic E-state index is -0.549. The second-order valence-electron chi connectivity index (χ2n) is 17.4. The van der Waals surface area contributed by atoms with Gasteiger partial charge in [-0.2, -0.15) is 0 Å². The summed E-state index contributed by atoms with van der Waals surface area (Å²) in [5.41, 5.74) is -3.05. The molecule has 0 atom stereocenters. The molecule has 0 N–H and O–H groups in total. The van der Waals surface area contributed by atoms with E-state index in [1.54, 1.807) is 83.1 Å². The van der Waals surface area contributed by atoms with Crippen molar-refractivity contribution in [1.29, 1.82) is 0 Å². The van der Waals surface area contributed by atoms with Gasteiger partial charge in [-0.3, -0.25) is 19.2 Å². The van der Waals surface area contributed by atoms with Crippen LogP contribution in [0.1, 0.15) is 157 Å². The summed E-state index contributed by atoms with van der Waals surface area (Å²) in [6.45, 7) is 31.7. The van der Waals surface area contributed by atoms with Crippen molar-refractivity contribution in [2.24, 2.45) is 0 Å². The van der Waals surface area contributed by atoms with E-state index in [2.05, 4.69) is 0 Å². The predicted molar refractivity (Wildman–Crippen MR) is 189 cm³/mol. The zero-order chi connectivity index (χ0) is 40.4. The number of hydrogen-bond donors (Lipinski definition) is 0. The van der Waals surface area contributed by atoms with E-state index in [1.165, 1.54) is 0 Å². The van der Waals surface area contributed by atoms with Crippen molar-refractivity contribution < 1.29 is 61.9 Å². The second kappa shape index (κ2) is 21.9. The Labute approximate surface area is 301 Å². The van der Waals surface area contributed by atoms with Gasteiger partial charge in [0.15, 0.2) is 0 Å². The Morgan fingerprint density at radius 2 is 0.480 bits per heavy atom. The van der Waals surface area contributed by atoms with Crippen LogP contribution in [0.4, 0.5) is 0 Å². The maximum Gasteiger partial charge on any atom is 0.332 e. The number of hydrogen-bond acceptors (Lipinski definition) is 13. The molecule has 0 rings (SSSR count). The van der Waals surface area contributed by atoms with Gasteiger partial charge in [0.05, 0.1) is 12.8 Å². The Morgan fingerprint density at radius 1 is 0.300 bits per heavy atom. The highest BCUT2D eigenvalue weighted by Crippen LogP contribution is 2.14. The molecule has 294 valence electrons. The van der Waals surface area contributed by atoms with Crippen LogP contribution in [0.25, 0.3) is 0 Å². The van der Waals surface area contributed by atoms with Crippen LogP contribution in [0.3, 0.4) is 0 Å². The van der Waals surface area contributed by atoms with E-state index < -0.39 is 45.5 Å². The molecule has 0 aromatic carbocycles. The third kappa shape index (κ3) is 44.8. The quantitative estimate of drug-likeness (QED) is 0.159. The first-order valence-electron chi connectivity index (χ1n) is 16.9. The fraction of sp³-hybridized carbons (Fsp3) is 0.838. The van der Waals surface area contributed by atoms with E-state index in [1.807, 2.05) is 41.5 Å². The van der Waals surface area contributed by atoms with Gasteiger partial charge in [0, 0.05) is 12.8 Å². The van der Waals surface area contributed by atoms with Crippen LogP contribution in [0.15, 0.2) is 0 Å². The molecular formula is C37H68O13. The third-order valence-corrected chi connectivity index (χ3v) is 4.26. The topological polar surface area (TPSA) is 167 Å². The van der Waals surface area contributed by atoms with Gasteiger partial charge in [-0.15, -0.1) is 0 Å². The number of esters is 6. The summed E-state index contributed by atoms with van der Waals surface area (Å²) in [4.78, 5) is 67.8. The van der Waals surface area contributed by atoms with E-state index in [9.17, 15) is 28.8 Å². The number of carbonyl (C=O) groups is 6. The molecule has 0 radical (unpaired) electrons. The van der Waals surface area contributed by atoms with Crippen molar-refractivity contribution in [3.8, 4) is 0 Å². The Balaban J connectivity index is -0.000000663. The normalized spacial score (nSPS) is 12.1. The van der Waals surface area contributed by atoms with Crippen LogP contribution in [-0.2, 0) is 61.9 Å². The fourth-order valence-electron chi connectivity index (χ4n) is 3.11. The maximum absolute atomic E-state index is 11.4. The lowest BCUT2D eigenvalue weighted by Gasteiger charge is -2.21. The van der Waals surface area contributed by atoms with E-state index in [0.717, 1.165) is 0 Å². The fourth-order valence-corrected chi connectivity index (χ4v) is 3.11. The molecule has 50 heavy (non-hydrogen) atoms. The maximum atomic E-state index is 11.4. The molecule has 0 fully saturated rings. The van der Waals surface area contributed by atoms with Gasteiger partial charge >= 0.3 is 35.8 Å². The van der Waals surface area contributed by atoms with Gasteiger partial charge in [0.25, 0.3) is 0 Å². The number of rotatable bonds is 11. The molecule has 0 aromatic heterocycles. The summed E-state index contributed by atoms with van der Waals surface area (Å²) in [7, 11) is 0. The molecule has 0 saturated carbocycles. The van der Waals surface area contributed by atoms with Crippen LogP contribution in [0.2, 0.25) is 0 Å². The lowest BCUT2D eigenvalue weighted by Crippen LogP contribution is -2.29. The minimum absolute atomic E-state index is 0.0617. The largest absolute Gasteiger partial charge is 0.460 e. The van der Waals surface area contributed by atoms with E-state index in [0.29, 0.717) is 6.42 Å². The molecule has 0 aliphatic rings. The molecule has 0 saturated heterocycles. The minimum Gasteiger partial charge on any atom is -0.460 e. The first kappa shape index (κ1) is 51.2. The van der Waals surface area contributed by atoms with E-state index in [-0.39, 0.29) is 62.8 Å². The summed E-state index contributed by atoms with van der Waals surface area (Å²) < 4.78 is 35.3. The molecule has 0 spiro atoms. The van der Waals surface area contributed by atoms with Gasteiger partial charge in [-0.1, -0.05) is 0 Å². The Hall–Kier alpha value is -3.22. The molecule has 0 bridgehead atoms. The lowest BCUT2D eigenvalue weighted by molar-refractivity contribution is -0.167. The van der Waals surface area contributed by atoms with E-state index in [4.69, 9.17) is 33.2 Å². The average molecular weight is 721 g/mol. The molecule has 0 aromatic rings. The van der Waals surface area contributed by atoms with Crippen LogP contribution < -0.4 is 0 Å². The molecular weight excluding hydrogens is 652 g/mol. The molecule has 13 nitrogen and oxygen atoms in total. The Kier molecular flexibility index (Phi) is 22.4. The molecule has 0 unspecified atom stereocenters. The highest BCUT2D eigenvalue weighted by atomic mass is 16.6. The van der Waals surface area contributed by atoms with Crippen molar-refractivity contribution in [1.82, 2.24) is 0 Å². The van der Waals surface area contributed by atoms with Gasteiger partial charge in [-0.05, 0) is 131 Å². The molecule has 0 aliphatic carbocycles. The molecule has 13 heteroatoms. The predicted octanol–water partition coefficient (Wildman–Crippen LogP) is 6.98. The lowest BCUT2D eigenvalue weighted by atomic mass is 10.1. The van der Waals surface area contributed by atoms with Crippen LogP contribution in [0.5, 0.6) is 0 Å². The van der Waals surface area contributed by atoms with Crippen molar-refractivity contribution in [3.05, 3.63) is 0 Å². The summed E-state index contributed by atoms with van der Waals surface area (Å²) in [5.74, 6) is -2.30. The van der Waals surface area contributed by atoms with Crippen LogP contribution >= 0.6 is 0 Å². The van der Waals surface area contributed by atoms with Crippen molar-refractivity contribution in [2.75, 3.05) is 13.2 Å². The summed E-state index contributed by atoms with van der Waals surface area (Å²) in [6.07, 6.45) is 1.08. The van der Waals surface area contributed by atoms with Gasteiger partial charge in [-0.25, -0.2) is 9.59 Å². The summed E-state index contributed by atoms with van der Waals surface area (Å²) >= 11 is 0. The van der Waals surface area contributed by atoms with Crippen LogP contribution in [0, 0.1) is 0 Å². The van der Waals surface area contributed by atoms with Crippen molar-refractivity contribution in [3.63, 3.8) is 0 Å². The average Bonchev–Trinajstić information content (AvgIpc) is 2.76. The molecule has 0 heterocycles. The first-order valence-corrected chi connectivity index (χ1v) is 16.9. The van der Waals surface area contributed by atoms with Gasteiger partial charge in [0.1, 0.15) is 46.8 Å². The van der Waals surface area contributed by atoms with Crippen molar-refractivity contribution >= 4 is 35.8 Å². The number of carbonyl (C=O) groups excluding carboxylic acids is 6. The SMILES string of the molecule is CC(C)(C)OC(=O)CCC(=O)OC(C)(C)C.CC(C)(C)OC(=O)CCCC(=O)OC(C)(C)C.CC(C)(C)OC(=O)COCC(=O)OC(C)(C)C. The second-order valence-corrected chi connectivity index (χ2v) is 17.4. The van der Waals surface area contributed by atoms with Crippen molar-refractivity contribution in [2.45, 2.75) is 190 Å². The Morgan fingerprint density at radius 3 is 0.680 bits per heavy atom. The Bertz CT molecular complexity index is 924. The molecule has 0 amide bonds. The highest BCUT2D eigenvalue weighted by Gasteiger charge is 2.22. The highest BCUT2D eigenvalue weighted by molar-refractivity contribution is 5.78. The monoisotopic (exact) mass is 720 g/mol. The number of ether oxygens (including phenoxy) is 7. The molecule has 0 aliphatic heterocycles. The zero-order valence-electron chi connectivity index (χ0n) is 34.3. The summed E-state index contributed by atoms with van der Waals surface area (Å²) in [5, 5.41) is 0. The van der Waals surface area contributed by atoms with Crippen LogP contribution in [-0.4, -0.2) is 82.6 Å². The first-order chi connectivity index (χ1) is 22.0. The smallest absolute Gasteiger partial charge is 0.332 e. The van der Waals surface area contributed by atoms with Gasteiger partial charge < -0.3 is 33.2 Å². The zero-order valence-corrected chi connectivity index (χ0v) is 34.3. The summed E-state index contributed by atoms with van der Waals surface area (Å²) in [6, 6.07) is 0. The third-order valence-electron chi connectivity index (χ3n) is 4.26.